The number of aliphatic imine (C=N–C) groups is 2. The van der Waals surface area contributed by atoms with Crippen molar-refractivity contribution in [2.24, 2.45) is 33.7 Å². The van der Waals surface area contributed by atoms with Gasteiger partial charge in [-0.1, -0.05) is 116 Å². The van der Waals surface area contributed by atoms with Crippen molar-refractivity contribution < 1.29 is 0 Å². The van der Waals surface area contributed by atoms with Crippen LogP contribution in [0.5, 0.6) is 0 Å². The average molecular weight is 471 g/mol. The van der Waals surface area contributed by atoms with Gasteiger partial charge in [0.05, 0.1) is 11.1 Å². The van der Waals surface area contributed by atoms with Gasteiger partial charge in [-0.2, -0.15) is 0 Å². The lowest BCUT2D eigenvalue weighted by Crippen LogP contribution is -2.42. The molecule has 2 aromatic carbocycles. The Morgan fingerprint density at radius 3 is 1.17 bits per heavy atom. The van der Waals surface area contributed by atoms with Gasteiger partial charge in [0.15, 0.2) is 0 Å². The van der Waals surface area contributed by atoms with Crippen LogP contribution >= 0.6 is 0 Å². The third-order valence-corrected chi connectivity index (χ3v) is 9.21. The Kier molecular flexibility index (Phi) is 7.41. The minimum Gasteiger partial charge on any atom is -0.286 e. The number of hydrogen-bond acceptors (Lipinski definition) is 2. The highest BCUT2D eigenvalue weighted by Crippen LogP contribution is 2.52. The molecule has 0 spiro atoms. The summed E-state index contributed by atoms with van der Waals surface area (Å²) in [5.74, 6) is 2.81. The summed E-state index contributed by atoms with van der Waals surface area (Å²) in [5.41, 5.74) is 5.47. The summed E-state index contributed by atoms with van der Waals surface area (Å²) in [5, 5.41) is 0. The molecule has 0 radical (unpaired) electrons. The van der Waals surface area contributed by atoms with Gasteiger partial charge in [0, 0.05) is 29.7 Å². The second-order valence-corrected chi connectivity index (χ2v) is 12.3. The molecule has 2 atom stereocenters. The Morgan fingerprint density at radius 2 is 0.886 bits per heavy atom. The molecular weight excluding hydrogens is 424 g/mol. The van der Waals surface area contributed by atoms with Crippen LogP contribution in [0.25, 0.3) is 0 Å². The Morgan fingerprint density at radius 1 is 0.571 bits per heavy atom. The van der Waals surface area contributed by atoms with Gasteiger partial charge in [-0.25, -0.2) is 0 Å². The summed E-state index contributed by atoms with van der Waals surface area (Å²) in [6, 6.07) is 22.2. The zero-order valence-corrected chi connectivity index (χ0v) is 23.3. The van der Waals surface area contributed by atoms with E-state index >= 15 is 0 Å². The highest BCUT2D eigenvalue weighted by atomic mass is 15.0. The molecule has 2 nitrogen and oxygen atoms in total. The van der Waals surface area contributed by atoms with Crippen molar-refractivity contribution in [3.63, 3.8) is 0 Å². The maximum Gasteiger partial charge on any atom is 0.0724 e. The molecule has 0 bridgehead atoms. The first-order valence-electron chi connectivity index (χ1n) is 13.9. The van der Waals surface area contributed by atoms with Crippen molar-refractivity contribution in [2.75, 3.05) is 0 Å². The molecule has 0 fully saturated rings. The first-order chi connectivity index (χ1) is 16.6. The SMILES string of the molecule is CC(C)C1(C(C)C)N=C(CC2=NC(C(C)C)(C(C)C)[C@@H](c3ccccc3)C2)C[C@@H]1c1ccccc1. The Labute approximate surface area is 214 Å². The quantitative estimate of drug-likeness (QED) is 0.368. The number of benzene rings is 2. The van der Waals surface area contributed by atoms with E-state index in [9.17, 15) is 0 Å². The van der Waals surface area contributed by atoms with Crippen LogP contribution in [0.1, 0.15) is 97.6 Å². The van der Waals surface area contributed by atoms with Crippen molar-refractivity contribution >= 4 is 11.4 Å². The van der Waals surface area contributed by atoms with Crippen molar-refractivity contribution in [2.45, 2.75) is 97.6 Å². The minimum atomic E-state index is -0.0537. The van der Waals surface area contributed by atoms with E-state index < -0.39 is 0 Å². The van der Waals surface area contributed by atoms with Gasteiger partial charge in [0.25, 0.3) is 0 Å². The van der Waals surface area contributed by atoms with E-state index in [-0.39, 0.29) is 11.1 Å². The van der Waals surface area contributed by atoms with Gasteiger partial charge in [-0.3, -0.25) is 9.98 Å². The van der Waals surface area contributed by atoms with Crippen LogP contribution in [0.4, 0.5) is 0 Å². The molecule has 2 heteroatoms. The molecule has 4 rings (SSSR count). The predicted octanol–water partition coefficient (Wildman–Crippen LogP) is 8.74. The first kappa shape index (κ1) is 25.9. The Bertz CT molecular complexity index is 942. The zero-order valence-electron chi connectivity index (χ0n) is 23.3. The maximum absolute atomic E-state index is 5.61. The smallest absolute Gasteiger partial charge is 0.0724 e. The molecule has 2 heterocycles. The number of rotatable bonds is 8. The van der Waals surface area contributed by atoms with Crippen LogP contribution in [0.3, 0.4) is 0 Å². The van der Waals surface area contributed by atoms with E-state index in [1.807, 2.05) is 0 Å². The second kappa shape index (κ2) is 10.0. The molecule has 188 valence electrons. The summed E-state index contributed by atoms with van der Waals surface area (Å²) >= 11 is 0. The summed E-state index contributed by atoms with van der Waals surface area (Å²) in [7, 11) is 0. The highest BCUT2D eigenvalue weighted by Gasteiger charge is 2.51. The van der Waals surface area contributed by atoms with Gasteiger partial charge in [0.1, 0.15) is 0 Å². The largest absolute Gasteiger partial charge is 0.286 e. The molecule has 0 aromatic heterocycles. The third-order valence-electron chi connectivity index (χ3n) is 9.21. The van der Waals surface area contributed by atoms with Crippen LogP contribution in [-0.2, 0) is 0 Å². The highest BCUT2D eigenvalue weighted by molar-refractivity contribution is 6.07. The average Bonchev–Trinajstić information content (AvgIpc) is 3.41. The topological polar surface area (TPSA) is 24.7 Å². The Hall–Kier alpha value is -2.22. The van der Waals surface area contributed by atoms with Crippen molar-refractivity contribution in [3.8, 4) is 0 Å². The van der Waals surface area contributed by atoms with Crippen molar-refractivity contribution in [1.29, 1.82) is 0 Å². The van der Waals surface area contributed by atoms with E-state index in [0.717, 1.165) is 19.3 Å². The van der Waals surface area contributed by atoms with Gasteiger partial charge in [0.2, 0.25) is 0 Å². The normalized spacial score (nSPS) is 23.4. The monoisotopic (exact) mass is 470 g/mol. The van der Waals surface area contributed by atoms with E-state index in [0.29, 0.717) is 35.5 Å². The molecule has 0 aliphatic carbocycles. The van der Waals surface area contributed by atoms with E-state index in [1.54, 1.807) is 0 Å². The number of nitrogens with zero attached hydrogens (tertiary/aromatic N) is 2. The lowest BCUT2D eigenvalue weighted by molar-refractivity contribution is 0.198. The maximum atomic E-state index is 5.61. The molecule has 0 N–H and O–H groups in total. The molecule has 2 aliphatic heterocycles. The second-order valence-electron chi connectivity index (χ2n) is 12.3. The van der Waals surface area contributed by atoms with E-state index in [1.165, 1.54) is 22.6 Å². The standard InChI is InChI=1S/C33H46N2/c1-22(2)32(23(3)4)30(26-15-11-9-12-16-26)20-28(34-32)19-29-21-31(27-17-13-10-14-18-27)33(35-29,24(5)6)25(7)8/h9-18,22-25,30-31H,19-21H2,1-8H3/t30-,31-/m1/s1. The van der Waals surface area contributed by atoms with E-state index in [4.69, 9.17) is 9.98 Å². The van der Waals surface area contributed by atoms with Crippen LogP contribution in [0.2, 0.25) is 0 Å². The lowest BCUT2D eigenvalue weighted by Gasteiger charge is -2.41. The van der Waals surface area contributed by atoms with Gasteiger partial charge < -0.3 is 0 Å². The molecule has 35 heavy (non-hydrogen) atoms. The zero-order chi connectivity index (χ0) is 25.4. The molecule has 2 aromatic rings. The van der Waals surface area contributed by atoms with Crippen LogP contribution in [0.15, 0.2) is 70.6 Å². The van der Waals surface area contributed by atoms with Crippen LogP contribution in [0, 0.1) is 23.7 Å². The molecule has 0 amide bonds. The fourth-order valence-electron chi connectivity index (χ4n) is 7.65. The summed E-state index contributed by atoms with van der Waals surface area (Å²) in [4.78, 5) is 11.2. The molecule has 0 saturated heterocycles. The van der Waals surface area contributed by atoms with Crippen LogP contribution < -0.4 is 0 Å². The molecular formula is C33H46N2. The van der Waals surface area contributed by atoms with Gasteiger partial charge in [-0.05, 0) is 47.6 Å². The van der Waals surface area contributed by atoms with Gasteiger partial charge >= 0.3 is 0 Å². The Balaban J connectivity index is 1.71. The van der Waals surface area contributed by atoms with Crippen molar-refractivity contribution in [1.82, 2.24) is 0 Å². The third kappa shape index (κ3) is 4.43. The number of hydrogen-bond donors (Lipinski definition) is 0. The molecule has 0 saturated carbocycles. The fraction of sp³-hybridized carbons (Fsp3) is 0.576. The summed E-state index contributed by atoms with van der Waals surface area (Å²) < 4.78 is 0. The molecule has 2 aliphatic rings. The summed E-state index contributed by atoms with van der Waals surface area (Å²) in [6.45, 7) is 18.9. The van der Waals surface area contributed by atoms with Gasteiger partial charge in [-0.15, -0.1) is 0 Å². The van der Waals surface area contributed by atoms with Crippen LogP contribution in [-0.4, -0.2) is 22.5 Å². The van der Waals surface area contributed by atoms with Crippen molar-refractivity contribution in [3.05, 3.63) is 71.8 Å². The fourth-order valence-corrected chi connectivity index (χ4v) is 7.65. The predicted molar refractivity (Wildman–Crippen MR) is 152 cm³/mol. The lowest BCUT2D eigenvalue weighted by atomic mass is 9.66. The van der Waals surface area contributed by atoms with E-state index in [2.05, 4.69) is 116 Å². The summed E-state index contributed by atoms with van der Waals surface area (Å²) in [6.07, 6.45) is 3.02. The minimum absolute atomic E-state index is 0.0537. The first-order valence-corrected chi connectivity index (χ1v) is 13.9. The molecule has 0 unspecified atom stereocenters.